The van der Waals surface area contributed by atoms with E-state index < -0.39 is 11.8 Å². The van der Waals surface area contributed by atoms with Crippen molar-refractivity contribution < 1.29 is 14.7 Å². The summed E-state index contributed by atoms with van der Waals surface area (Å²) in [6.45, 7) is 3.75. The Kier molecular flexibility index (Phi) is 3.78. The van der Waals surface area contributed by atoms with Gasteiger partial charge in [0.2, 0.25) is 0 Å². The van der Waals surface area contributed by atoms with E-state index in [-0.39, 0.29) is 17.5 Å². The average molecular weight is 310 g/mol. The third-order valence-electron chi connectivity index (χ3n) is 4.02. The molecular formula is C18H18N2O3. The molecule has 5 heteroatoms. The first-order valence-electron chi connectivity index (χ1n) is 7.49. The Balaban J connectivity index is 1.83. The van der Waals surface area contributed by atoms with Crippen LogP contribution < -0.4 is 10.2 Å². The summed E-state index contributed by atoms with van der Waals surface area (Å²) in [5, 5.41) is 12.3. The van der Waals surface area contributed by atoms with Crippen LogP contribution in [0.2, 0.25) is 0 Å². The molecule has 0 spiro atoms. The quantitative estimate of drug-likeness (QED) is 0.628. The zero-order valence-corrected chi connectivity index (χ0v) is 13.0. The van der Waals surface area contributed by atoms with Crippen LogP contribution in [-0.4, -0.2) is 23.0 Å². The summed E-state index contributed by atoms with van der Waals surface area (Å²) in [7, 11) is 0. The topological polar surface area (TPSA) is 69.6 Å². The summed E-state index contributed by atoms with van der Waals surface area (Å²) in [4.78, 5) is 26.4. The van der Waals surface area contributed by atoms with Gasteiger partial charge in [0.1, 0.15) is 5.75 Å². The van der Waals surface area contributed by atoms with Crippen molar-refractivity contribution in [2.24, 2.45) is 0 Å². The van der Waals surface area contributed by atoms with Crippen LogP contribution in [0.15, 0.2) is 42.5 Å². The molecule has 1 aliphatic rings. The molecule has 1 aliphatic heterocycles. The second-order valence-electron chi connectivity index (χ2n) is 5.83. The second-order valence-corrected chi connectivity index (χ2v) is 5.83. The maximum absolute atomic E-state index is 12.6. The van der Waals surface area contributed by atoms with Crippen LogP contribution in [0.4, 0.5) is 11.4 Å². The van der Waals surface area contributed by atoms with Crippen LogP contribution in [0.5, 0.6) is 5.75 Å². The number of nitrogens with one attached hydrogen (secondary N) is 1. The molecule has 0 bridgehead atoms. The van der Waals surface area contributed by atoms with Gasteiger partial charge in [-0.2, -0.15) is 0 Å². The van der Waals surface area contributed by atoms with Gasteiger partial charge in [0.25, 0.3) is 0 Å². The summed E-state index contributed by atoms with van der Waals surface area (Å²) in [5.41, 5.74) is 2.95. The number of nitrogens with zero attached hydrogens (tertiary/aromatic N) is 1. The van der Waals surface area contributed by atoms with E-state index in [0.29, 0.717) is 0 Å². The average Bonchev–Trinajstić information content (AvgIpc) is 2.86. The number of aryl methyl sites for hydroxylation is 1. The van der Waals surface area contributed by atoms with E-state index in [1.807, 2.05) is 38.1 Å². The molecule has 2 aromatic carbocycles. The number of anilines is 2. The SMILES string of the molecule is Cc1ccc(O)c(NC(=O)C(=O)N2c3ccccc3CC2C)c1. The van der Waals surface area contributed by atoms with Gasteiger partial charge in [-0.15, -0.1) is 0 Å². The minimum absolute atomic E-state index is 0.0633. The molecule has 5 nitrogen and oxygen atoms in total. The first-order valence-corrected chi connectivity index (χ1v) is 7.49. The van der Waals surface area contributed by atoms with Gasteiger partial charge in [-0.05, 0) is 49.6 Å². The normalized spacial score (nSPS) is 16.1. The van der Waals surface area contributed by atoms with E-state index in [9.17, 15) is 14.7 Å². The molecule has 2 N–H and O–H groups in total. The molecule has 3 rings (SSSR count). The first kappa shape index (κ1) is 15.1. The number of benzene rings is 2. The Bertz CT molecular complexity index is 786. The summed E-state index contributed by atoms with van der Waals surface area (Å²) in [6, 6.07) is 12.3. The first-order chi connectivity index (χ1) is 11.0. The maximum Gasteiger partial charge on any atom is 0.316 e. The van der Waals surface area contributed by atoms with Crippen LogP contribution in [0, 0.1) is 6.92 Å². The number of amides is 2. The molecule has 0 radical (unpaired) electrons. The number of hydrogen-bond acceptors (Lipinski definition) is 3. The molecule has 0 fully saturated rings. The minimum Gasteiger partial charge on any atom is -0.506 e. The van der Waals surface area contributed by atoms with E-state index in [0.717, 1.165) is 23.2 Å². The van der Waals surface area contributed by atoms with E-state index in [1.165, 1.54) is 11.0 Å². The van der Waals surface area contributed by atoms with E-state index in [1.54, 1.807) is 12.1 Å². The Morgan fingerprint density at radius 1 is 1.22 bits per heavy atom. The zero-order valence-electron chi connectivity index (χ0n) is 13.0. The van der Waals surface area contributed by atoms with Gasteiger partial charge in [0.05, 0.1) is 5.69 Å². The van der Waals surface area contributed by atoms with Crippen molar-refractivity contribution in [3.05, 3.63) is 53.6 Å². The van der Waals surface area contributed by atoms with Crippen LogP contribution >= 0.6 is 0 Å². The monoisotopic (exact) mass is 310 g/mol. The number of para-hydroxylation sites is 1. The summed E-state index contributed by atoms with van der Waals surface area (Å²) >= 11 is 0. The van der Waals surface area contributed by atoms with Gasteiger partial charge in [0.15, 0.2) is 0 Å². The summed E-state index contributed by atoms with van der Waals surface area (Å²) in [6.07, 6.45) is 0.727. The Morgan fingerprint density at radius 3 is 2.74 bits per heavy atom. The molecule has 1 heterocycles. The van der Waals surface area contributed by atoms with Crippen LogP contribution in [0.1, 0.15) is 18.1 Å². The molecule has 0 saturated heterocycles. The van der Waals surface area contributed by atoms with Gasteiger partial charge in [-0.1, -0.05) is 24.3 Å². The zero-order chi connectivity index (χ0) is 16.6. The third kappa shape index (κ3) is 2.77. The molecule has 1 atom stereocenters. The molecule has 2 amide bonds. The fraction of sp³-hybridized carbons (Fsp3) is 0.222. The third-order valence-corrected chi connectivity index (χ3v) is 4.02. The van der Waals surface area contributed by atoms with Crippen molar-refractivity contribution >= 4 is 23.2 Å². The number of phenols is 1. The molecule has 0 saturated carbocycles. The highest BCUT2D eigenvalue weighted by atomic mass is 16.3. The van der Waals surface area contributed by atoms with Crippen LogP contribution in [0.25, 0.3) is 0 Å². The molecule has 118 valence electrons. The van der Waals surface area contributed by atoms with Crippen LogP contribution in [0.3, 0.4) is 0 Å². The maximum atomic E-state index is 12.6. The fourth-order valence-electron chi connectivity index (χ4n) is 2.91. The van der Waals surface area contributed by atoms with Gasteiger partial charge in [-0.3, -0.25) is 9.59 Å². The lowest BCUT2D eigenvalue weighted by atomic mass is 10.1. The Hall–Kier alpha value is -2.82. The smallest absolute Gasteiger partial charge is 0.316 e. The number of hydrogen-bond donors (Lipinski definition) is 2. The Labute approximate surface area is 134 Å². The largest absolute Gasteiger partial charge is 0.506 e. The predicted molar refractivity (Wildman–Crippen MR) is 88.6 cm³/mol. The fourth-order valence-corrected chi connectivity index (χ4v) is 2.91. The summed E-state index contributed by atoms with van der Waals surface area (Å²) < 4.78 is 0. The molecular weight excluding hydrogens is 292 g/mol. The van der Waals surface area contributed by atoms with Crippen molar-refractivity contribution in [3.63, 3.8) is 0 Å². The standard InChI is InChI=1S/C18H18N2O3/c1-11-7-8-16(21)14(9-11)19-17(22)18(23)20-12(2)10-13-5-3-4-6-15(13)20/h3-9,12,21H,10H2,1-2H3,(H,19,22). The second kappa shape index (κ2) is 5.76. The summed E-state index contributed by atoms with van der Waals surface area (Å²) in [5.74, 6) is -1.44. The highest BCUT2D eigenvalue weighted by molar-refractivity contribution is 6.44. The number of carbonyl (C=O) groups is 2. The van der Waals surface area contributed by atoms with Crippen molar-refractivity contribution in [1.82, 2.24) is 0 Å². The van der Waals surface area contributed by atoms with Gasteiger partial charge < -0.3 is 15.3 Å². The lowest BCUT2D eigenvalue weighted by molar-refractivity contribution is -0.134. The number of aromatic hydroxyl groups is 1. The van der Waals surface area contributed by atoms with Crippen molar-refractivity contribution in [2.45, 2.75) is 26.3 Å². The minimum atomic E-state index is -0.755. The number of phenolic OH excluding ortho intramolecular Hbond substituents is 1. The molecule has 1 unspecified atom stereocenters. The number of fused-ring (bicyclic) bond motifs is 1. The molecule has 23 heavy (non-hydrogen) atoms. The lowest BCUT2D eigenvalue weighted by Crippen LogP contribution is -2.43. The van der Waals surface area contributed by atoms with Gasteiger partial charge in [-0.25, -0.2) is 0 Å². The highest BCUT2D eigenvalue weighted by Gasteiger charge is 2.34. The van der Waals surface area contributed by atoms with Crippen molar-refractivity contribution in [2.75, 3.05) is 10.2 Å². The number of carbonyl (C=O) groups excluding carboxylic acids is 2. The van der Waals surface area contributed by atoms with E-state index in [4.69, 9.17) is 0 Å². The highest BCUT2D eigenvalue weighted by Crippen LogP contribution is 2.32. The van der Waals surface area contributed by atoms with Crippen molar-refractivity contribution in [1.29, 1.82) is 0 Å². The molecule has 0 aromatic heterocycles. The lowest BCUT2D eigenvalue weighted by Gasteiger charge is -2.22. The van der Waals surface area contributed by atoms with Crippen molar-refractivity contribution in [3.8, 4) is 5.75 Å². The van der Waals surface area contributed by atoms with Crippen LogP contribution in [-0.2, 0) is 16.0 Å². The number of rotatable bonds is 1. The predicted octanol–water partition coefficient (Wildman–Crippen LogP) is 2.62. The van der Waals surface area contributed by atoms with Gasteiger partial charge in [0, 0.05) is 11.7 Å². The molecule has 2 aromatic rings. The van der Waals surface area contributed by atoms with E-state index in [2.05, 4.69) is 5.32 Å². The molecule has 0 aliphatic carbocycles. The van der Waals surface area contributed by atoms with E-state index >= 15 is 0 Å². The van der Waals surface area contributed by atoms with Gasteiger partial charge >= 0.3 is 11.8 Å². The Morgan fingerprint density at radius 2 is 1.96 bits per heavy atom.